The lowest BCUT2D eigenvalue weighted by atomic mass is 9.87. The Hall–Kier alpha value is -1.88. The van der Waals surface area contributed by atoms with Gasteiger partial charge in [0.2, 0.25) is 11.8 Å². The average molecular weight is 363 g/mol. The fraction of sp³-hybridized carbons (Fsp3) is 0.294. The fourth-order valence-electron chi connectivity index (χ4n) is 2.30. The lowest BCUT2D eigenvalue weighted by Crippen LogP contribution is -2.25. The van der Waals surface area contributed by atoms with E-state index in [-0.39, 0.29) is 17.7 Å². The molecule has 0 aliphatic rings. The third kappa shape index (κ3) is 4.07. The van der Waals surface area contributed by atoms with Crippen molar-refractivity contribution in [2.75, 3.05) is 12.4 Å². The molecule has 1 unspecified atom stereocenters. The van der Waals surface area contributed by atoms with Crippen LogP contribution in [-0.2, 0) is 4.79 Å². The van der Waals surface area contributed by atoms with E-state index in [9.17, 15) is 4.79 Å². The number of carbonyl (C=O) groups excluding carboxylic acids is 1. The summed E-state index contributed by atoms with van der Waals surface area (Å²) in [5, 5.41) is 2.92. The zero-order valence-electron chi connectivity index (χ0n) is 12.8. The van der Waals surface area contributed by atoms with Crippen LogP contribution in [0.15, 0.2) is 47.1 Å². The van der Waals surface area contributed by atoms with Crippen LogP contribution in [0.5, 0.6) is 5.88 Å². The maximum atomic E-state index is 12.6. The lowest BCUT2D eigenvalue weighted by Gasteiger charge is -2.21. The van der Waals surface area contributed by atoms with Crippen LogP contribution in [-0.4, -0.2) is 18.0 Å². The van der Waals surface area contributed by atoms with Crippen molar-refractivity contribution in [3.8, 4) is 5.88 Å². The Morgan fingerprint density at radius 1 is 1.18 bits per heavy atom. The molecule has 22 heavy (non-hydrogen) atoms. The van der Waals surface area contributed by atoms with Gasteiger partial charge < -0.3 is 10.1 Å². The maximum absolute atomic E-state index is 12.6. The predicted molar refractivity (Wildman–Crippen MR) is 91.1 cm³/mol. The molecule has 0 aliphatic carbocycles. The molecule has 1 aromatic carbocycles. The Balaban J connectivity index is 2.17. The van der Waals surface area contributed by atoms with Crippen LogP contribution in [0.1, 0.15) is 25.3 Å². The first-order valence-corrected chi connectivity index (χ1v) is 7.87. The zero-order chi connectivity index (χ0) is 16.1. The van der Waals surface area contributed by atoms with E-state index in [1.54, 1.807) is 25.4 Å². The van der Waals surface area contributed by atoms with Crippen LogP contribution in [0.25, 0.3) is 0 Å². The summed E-state index contributed by atoms with van der Waals surface area (Å²) < 4.78 is 6.01. The first-order chi connectivity index (χ1) is 10.5. The molecule has 2 rings (SSSR count). The highest BCUT2D eigenvalue weighted by atomic mass is 79.9. The highest BCUT2D eigenvalue weighted by Crippen LogP contribution is 2.27. The largest absolute Gasteiger partial charge is 0.481 e. The van der Waals surface area contributed by atoms with E-state index in [0.717, 1.165) is 10.0 Å². The number of hydrogen-bond acceptors (Lipinski definition) is 3. The molecule has 2 aromatic rings. The van der Waals surface area contributed by atoms with Gasteiger partial charge in [-0.3, -0.25) is 4.79 Å². The number of anilines is 1. The Labute approximate surface area is 139 Å². The Morgan fingerprint density at radius 3 is 2.36 bits per heavy atom. The SMILES string of the molecule is COc1ccc(NC(=O)C(c2ccc(Br)cc2)C(C)C)cn1. The monoisotopic (exact) mass is 362 g/mol. The van der Waals surface area contributed by atoms with Gasteiger partial charge in [-0.2, -0.15) is 0 Å². The number of amides is 1. The second-order valence-corrected chi connectivity index (χ2v) is 6.27. The van der Waals surface area contributed by atoms with Crippen molar-refractivity contribution in [3.05, 3.63) is 52.6 Å². The van der Waals surface area contributed by atoms with Crippen LogP contribution in [0, 0.1) is 5.92 Å². The van der Waals surface area contributed by atoms with Gasteiger partial charge in [-0.1, -0.05) is 41.9 Å². The van der Waals surface area contributed by atoms with E-state index >= 15 is 0 Å². The Bertz CT molecular complexity index is 624. The van der Waals surface area contributed by atoms with Crippen molar-refractivity contribution in [3.63, 3.8) is 0 Å². The summed E-state index contributed by atoms with van der Waals surface area (Å²) in [6, 6.07) is 11.4. The number of ether oxygens (including phenoxy) is 1. The summed E-state index contributed by atoms with van der Waals surface area (Å²) in [5.41, 5.74) is 1.66. The normalized spacial score (nSPS) is 12.0. The second-order valence-electron chi connectivity index (χ2n) is 5.35. The fourth-order valence-corrected chi connectivity index (χ4v) is 2.57. The molecule has 1 aromatic heterocycles. The average Bonchev–Trinajstić information content (AvgIpc) is 2.50. The number of benzene rings is 1. The van der Waals surface area contributed by atoms with Gasteiger partial charge >= 0.3 is 0 Å². The van der Waals surface area contributed by atoms with E-state index in [1.807, 2.05) is 38.1 Å². The van der Waals surface area contributed by atoms with E-state index in [1.165, 1.54) is 0 Å². The second kappa shape index (κ2) is 7.40. The van der Waals surface area contributed by atoms with Gasteiger partial charge in [0, 0.05) is 10.5 Å². The molecule has 0 bridgehead atoms. The maximum Gasteiger partial charge on any atom is 0.232 e. The topological polar surface area (TPSA) is 51.2 Å². The molecule has 116 valence electrons. The van der Waals surface area contributed by atoms with Crippen LogP contribution in [0.4, 0.5) is 5.69 Å². The van der Waals surface area contributed by atoms with E-state index in [0.29, 0.717) is 11.6 Å². The molecule has 5 heteroatoms. The minimum atomic E-state index is -0.213. The molecule has 0 aliphatic heterocycles. The van der Waals surface area contributed by atoms with Gasteiger partial charge in [0.1, 0.15) is 0 Å². The molecule has 1 amide bonds. The van der Waals surface area contributed by atoms with Crippen molar-refractivity contribution >= 4 is 27.5 Å². The molecule has 0 fully saturated rings. The number of methoxy groups -OCH3 is 1. The number of aromatic nitrogens is 1. The van der Waals surface area contributed by atoms with Crippen molar-refractivity contribution < 1.29 is 9.53 Å². The quantitative estimate of drug-likeness (QED) is 0.865. The summed E-state index contributed by atoms with van der Waals surface area (Å²) >= 11 is 3.42. The highest BCUT2D eigenvalue weighted by Gasteiger charge is 2.24. The number of hydrogen-bond donors (Lipinski definition) is 1. The van der Waals surface area contributed by atoms with Crippen molar-refractivity contribution in [1.29, 1.82) is 0 Å². The molecule has 0 radical (unpaired) electrons. The summed E-state index contributed by atoms with van der Waals surface area (Å²) in [6.07, 6.45) is 1.59. The van der Waals surface area contributed by atoms with Crippen LogP contribution in [0.2, 0.25) is 0 Å². The number of rotatable bonds is 5. The van der Waals surface area contributed by atoms with Crippen molar-refractivity contribution in [2.24, 2.45) is 5.92 Å². The standard InChI is InChI=1S/C17H19BrN2O2/c1-11(2)16(12-4-6-13(18)7-5-12)17(21)20-14-8-9-15(22-3)19-10-14/h4-11,16H,1-3H3,(H,20,21). The smallest absolute Gasteiger partial charge is 0.232 e. The third-order valence-electron chi connectivity index (χ3n) is 3.39. The molecule has 1 heterocycles. The van der Waals surface area contributed by atoms with Gasteiger partial charge in [0.05, 0.1) is 24.9 Å². The molecular formula is C17H19BrN2O2. The summed E-state index contributed by atoms with van der Waals surface area (Å²) in [4.78, 5) is 16.7. The molecule has 0 saturated heterocycles. The molecule has 1 N–H and O–H groups in total. The van der Waals surface area contributed by atoms with Crippen LogP contribution >= 0.6 is 15.9 Å². The predicted octanol–water partition coefficient (Wildman–Crippen LogP) is 4.23. The van der Waals surface area contributed by atoms with E-state index in [2.05, 4.69) is 26.2 Å². The lowest BCUT2D eigenvalue weighted by molar-refractivity contribution is -0.118. The van der Waals surface area contributed by atoms with Gasteiger partial charge in [-0.25, -0.2) is 4.98 Å². The van der Waals surface area contributed by atoms with Crippen molar-refractivity contribution in [1.82, 2.24) is 4.98 Å². The Morgan fingerprint density at radius 2 is 1.86 bits per heavy atom. The summed E-state index contributed by atoms with van der Waals surface area (Å²) in [6.45, 7) is 4.08. The summed E-state index contributed by atoms with van der Waals surface area (Å²) in [5.74, 6) is 0.457. The third-order valence-corrected chi connectivity index (χ3v) is 3.92. The molecular weight excluding hydrogens is 344 g/mol. The number of nitrogens with zero attached hydrogens (tertiary/aromatic N) is 1. The van der Waals surface area contributed by atoms with Gasteiger partial charge in [-0.15, -0.1) is 0 Å². The Kier molecular flexibility index (Phi) is 5.55. The van der Waals surface area contributed by atoms with Gasteiger partial charge in [0.15, 0.2) is 0 Å². The molecule has 0 saturated carbocycles. The molecule has 0 spiro atoms. The number of nitrogens with one attached hydrogen (secondary N) is 1. The van der Waals surface area contributed by atoms with E-state index in [4.69, 9.17) is 4.74 Å². The molecule has 1 atom stereocenters. The van der Waals surface area contributed by atoms with E-state index < -0.39 is 0 Å². The molecule has 4 nitrogen and oxygen atoms in total. The van der Waals surface area contributed by atoms with Crippen molar-refractivity contribution in [2.45, 2.75) is 19.8 Å². The van der Waals surface area contributed by atoms with Gasteiger partial charge in [0.25, 0.3) is 0 Å². The first kappa shape index (κ1) is 16.5. The highest BCUT2D eigenvalue weighted by molar-refractivity contribution is 9.10. The number of pyridine rings is 1. The number of carbonyl (C=O) groups is 1. The van der Waals surface area contributed by atoms with Crippen LogP contribution < -0.4 is 10.1 Å². The minimum absolute atomic E-state index is 0.0377. The first-order valence-electron chi connectivity index (χ1n) is 7.07. The van der Waals surface area contributed by atoms with Crippen LogP contribution in [0.3, 0.4) is 0 Å². The zero-order valence-corrected chi connectivity index (χ0v) is 14.4. The summed E-state index contributed by atoms with van der Waals surface area (Å²) in [7, 11) is 1.56. The minimum Gasteiger partial charge on any atom is -0.481 e. The number of halogens is 1. The van der Waals surface area contributed by atoms with Gasteiger partial charge in [-0.05, 0) is 29.7 Å².